The maximum atomic E-state index is 9.45. The lowest BCUT2D eigenvalue weighted by Gasteiger charge is -2.19. The number of rotatable bonds is 4. The lowest BCUT2D eigenvalue weighted by molar-refractivity contribution is 0.801. The van der Waals surface area contributed by atoms with E-state index in [0.717, 1.165) is 47.4 Å². The van der Waals surface area contributed by atoms with Crippen LogP contribution in [0.1, 0.15) is 41.8 Å². The number of nitrogens with zero attached hydrogens (tertiary/aromatic N) is 6. The maximum absolute atomic E-state index is 9.45. The summed E-state index contributed by atoms with van der Waals surface area (Å²) in [6.45, 7) is 2.01. The summed E-state index contributed by atoms with van der Waals surface area (Å²) in [7, 11) is 0. The van der Waals surface area contributed by atoms with E-state index >= 15 is 0 Å². The molecule has 0 fully saturated rings. The molecule has 3 aromatic heterocycles. The summed E-state index contributed by atoms with van der Waals surface area (Å²) < 4.78 is 1.88. The largest absolute Gasteiger partial charge is 0.382 e. The molecule has 0 unspecified atom stereocenters. The minimum Gasteiger partial charge on any atom is -0.382 e. The molecule has 1 aliphatic rings. The average molecular weight is 396 g/mol. The van der Waals surface area contributed by atoms with Gasteiger partial charge in [-0.2, -0.15) is 10.4 Å². The maximum Gasteiger partial charge on any atom is 0.159 e. The molecule has 8 nitrogen and oxygen atoms in total. The van der Waals surface area contributed by atoms with Crippen molar-refractivity contribution in [2.24, 2.45) is 0 Å². The van der Waals surface area contributed by atoms with Gasteiger partial charge in [0.15, 0.2) is 5.65 Å². The fraction of sp³-hybridized carbons (Fsp3) is 0.227. The summed E-state index contributed by atoms with van der Waals surface area (Å²) in [6.07, 6.45) is 6.51. The summed E-state index contributed by atoms with van der Waals surface area (Å²) in [5.41, 5.74) is 12.2. The third kappa shape index (κ3) is 2.92. The Morgan fingerprint density at radius 2 is 2.03 bits per heavy atom. The van der Waals surface area contributed by atoms with Crippen LogP contribution < -0.4 is 11.1 Å². The molecular weight excluding hydrogens is 376 g/mol. The van der Waals surface area contributed by atoms with Crippen molar-refractivity contribution in [1.29, 1.82) is 5.26 Å². The zero-order valence-corrected chi connectivity index (χ0v) is 16.5. The van der Waals surface area contributed by atoms with Gasteiger partial charge in [0.2, 0.25) is 0 Å². The highest BCUT2D eigenvalue weighted by Crippen LogP contribution is 2.32. The lowest BCUT2D eigenvalue weighted by Crippen LogP contribution is -2.14. The van der Waals surface area contributed by atoms with Crippen LogP contribution >= 0.6 is 0 Å². The first-order valence-corrected chi connectivity index (χ1v) is 9.89. The van der Waals surface area contributed by atoms with Crippen molar-refractivity contribution in [2.45, 2.75) is 32.2 Å². The minimum atomic E-state index is -0.197. The van der Waals surface area contributed by atoms with Gasteiger partial charge < -0.3 is 11.1 Å². The molecule has 0 aliphatic heterocycles. The standard InChI is InChI=1S/C22H20N8/c1-13(27-21-16(10-23)20(24)25-12-26-21)17-11-30-22(15-8-5-9-18(15)29-30)28-19(17)14-6-3-2-4-7-14/h2-4,6-7,11-13H,5,8-9H2,1H3,(H3,24,25,26,27)/t13-/m0/s1. The third-order valence-corrected chi connectivity index (χ3v) is 5.51. The predicted molar refractivity (Wildman–Crippen MR) is 114 cm³/mol. The van der Waals surface area contributed by atoms with E-state index in [4.69, 9.17) is 15.8 Å². The highest BCUT2D eigenvalue weighted by molar-refractivity contribution is 5.69. The van der Waals surface area contributed by atoms with Crippen molar-refractivity contribution in [3.63, 3.8) is 0 Å². The molecule has 1 aliphatic carbocycles. The first-order valence-electron chi connectivity index (χ1n) is 9.89. The van der Waals surface area contributed by atoms with Crippen LogP contribution in [0, 0.1) is 11.3 Å². The molecule has 0 saturated heterocycles. The highest BCUT2D eigenvalue weighted by atomic mass is 15.3. The monoisotopic (exact) mass is 396 g/mol. The predicted octanol–water partition coefficient (Wildman–Crippen LogP) is 3.30. The van der Waals surface area contributed by atoms with Crippen LogP contribution in [0.3, 0.4) is 0 Å². The van der Waals surface area contributed by atoms with Gasteiger partial charge in [-0.25, -0.2) is 19.5 Å². The summed E-state index contributed by atoms with van der Waals surface area (Å²) in [5.74, 6) is 0.558. The highest BCUT2D eigenvalue weighted by Gasteiger charge is 2.23. The van der Waals surface area contributed by atoms with Gasteiger partial charge in [-0.1, -0.05) is 30.3 Å². The SMILES string of the molecule is C[C@H](Nc1ncnc(N)c1C#N)c1cn2nc3c(c2nc1-c1ccccc1)CCC3. The zero-order chi connectivity index (χ0) is 20.7. The van der Waals surface area contributed by atoms with Gasteiger partial charge in [-0.05, 0) is 26.2 Å². The van der Waals surface area contributed by atoms with Crippen LogP contribution in [-0.2, 0) is 12.8 Å². The van der Waals surface area contributed by atoms with Gasteiger partial charge in [-0.15, -0.1) is 0 Å². The zero-order valence-electron chi connectivity index (χ0n) is 16.5. The smallest absolute Gasteiger partial charge is 0.159 e. The number of nitrogen functional groups attached to an aromatic ring is 1. The van der Waals surface area contributed by atoms with E-state index in [-0.39, 0.29) is 17.4 Å². The molecule has 0 radical (unpaired) electrons. The van der Waals surface area contributed by atoms with E-state index in [9.17, 15) is 5.26 Å². The number of anilines is 2. The molecule has 30 heavy (non-hydrogen) atoms. The van der Waals surface area contributed by atoms with Crippen LogP contribution in [0.2, 0.25) is 0 Å². The van der Waals surface area contributed by atoms with Gasteiger partial charge in [0, 0.05) is 22.9 Å². The quantitative estimate of drug-likeness (QED) is 0.543. The van der Waals surface area contributed by atoms with Crippen LogP contribution in [0.15, 0.2) is 42.9 Å². The molecular formula is C22H20N8. The third-order valence-electron chi connectivity index (χ3n) is 5.51. The molecule has 0 bridgehead atoms. The molecule has 1 aromatic carbocycles. The minimum absolute atomic E-state index is 0.155. The Morgan fingerprint density at radius 3 is 2.83 bits per heavy atom. The Hall–Kier alpha value is -3.99. The van der Waals surface area contributed by atoms with Crippen molar-refractivity contribution in [1.82, 2.24) is 24.6 Å². The number of aryl methyl sites for hydroxylation is 2. The molecule has 4 aromatic rings. The van der Waals surface area contributed by atoms with Gasteiger partial charge in [0.1, 0.15) is 29.6 Å². The van der Waals surface area contributed by atoms with Crippen LogP contribution in [0.4, 0.5) is 11.6 Å². The Balaban J connectivity index is 1.64. The summed E-state index contributed by atoms with van der Waals surface area (Å²) >= 11 is 0. The van der Waals surface area contributed by atoms with Crippen molar-refractivity contribution >= 4 is 17.3 Å². The number of hydrogen-bond donors (Lipinski definition) is 2. The molecule has 1 atom stereocenters. The summed E-state index contributed by atoms with van der Waals surface area (Å²) in [4.78, 5) is 13.2. The molecule has 0 saturated carbocycles. The van der Waals surface area contributed by atoms with Gasteiger partial charge in [0.25, 0.3) is 0 Å². The number of benzene rings is 1. The van der Waals surface area contributed by atoms with Crippen molar-refractivity contribution in [3.05, 3.63) is 65.2 Å². The Kier molecular flexibility index (Phi) is 4.29. The summed E-state index contributed by atoms with van der Waals surface area (Å²) in [5, 5.41) is 17.5. The molecule has 0 amide bonds. The van der Waals surface area contributed by atoms with Crippen LogP contribution in [-0.4, -0.2) is 24.6 Å². The Morgan fingerprint density at radius 1 is 1.20 bits per heavy atom. The number of hydrogen-bond acceptors (Lipinski definition) is 7. The van der Waals surface area contributed by atoms with Crippen molar-refractivity contribution in [3.8, 4) is 17.3 Å². The van der Waals surface area contributed by atoms with E-state index in [2.05, 4.69) is 33.5 Å². The molecule has 3 heterocycles. The van der Waals surface area contributed by atoms with Crippen molar-refractivity contribution in [2.75, 3.05) is 11.1 Å². The summed E-state index contributed by atoms with van der Waals surface area (Å²) in [6, 6.07) is 12.0. The molecule has 5 rings (SSSR count). The number of aromatic nitrogens is 5. The number of nitriles is 1. The number of fused-ring (bicyclic) bond motifs is 3. The second kappa shape index (κ2) is 7.12. The fourth-order valence-electron chi connectivity index (χ4n) is 4.01. The second-order valence-electron chi connectivity index (χ2n) is 7.42. The van der Waals surface area contributed by atoms with Gasteiger partial charge >= 0.3 is 0 Å². The van der Waals surface area contributed by atoms with E-state index in [1.807, 2.05) is 35.8 Å². The van der Waals surface area contributed by atoms with Crippen LogP contribution in [0.5, 0.6) is 0 Å². The normalized spacial score (nSPS) is 13.7. The lowest BCUT2D eigenvalue weighted by atomic mass is 10.0. The van der Waals surface area contributed by atoms with Crippen molar-refractivity contribution < 1.29 is 0 Å². The van der Waals surface area contributed by atoms with Gasteiger partial charge in [-0.3, -0.25) is 0 Å². The number of nitrogens with two attached hydrogens (primary N) is 1. The molecule has 8 heteroatoms. The fourth-order valence-corrected chi connectivity index (χ4v) is 4.01. The van der Waals surface area contributed by atoms with Crippen LogP contribution in [0.25, 0.3) is 16.9 Å². The molecule has 148 valence electrons. The molecule has 0 spiro atoms. The van der Waals surface area contributed by atoms with E-state index in [1.165, 1.54) is 11.9 Å². The molecule has 3 N–H and O–H groups in total. The number of nitrogens with one attached hydrogen (secondary N) is 1. The second-order valence-corrected chi connectivity index (χ2v) is 7.42. The van der Waals surface area contributed by atoms with E-state index in [0.29, 0.717) is 5.82 Å². The average Bonchev–Trinajstić information content (AvgIpc) is 3.35. The first-order chi connectivity index (χ1) is 14.7. The first kappa shape index (κ1) is 18.1. The van der Waals surface area contributed by atoms with Gasteiger partial charge in [0.05, 0.1) is 17.4 Å². The van der Waals surface area contributed by atoms with E-state index in [1.54, 1.807) is 0 Å². The topological polar surface area (TPSA) is 118 Å². The Bertz CT molecular complexity index is 1290. The Labute approximate surface area is 173 Å². The van der Waals surface area contributed by atoms with E-state index < -0.39 is 0 Å².